The molecule has 1 atom stereocenters. The summed E-state index contributed by atoms with van der Waals surface area (Å²) in [6.45, 7) is 1.04. The first kappa shape index (κ1) is 9.61. The first-order valence-corrected chi connectivity index (χ1v) is 8.38. The van der Waals surface area contributed by atoms with Gasteiger partial charge < -0.3 is 4.74 Å². The number of epoxide rings is 1. The fraction of sp³-hybridized carbons (Fsp3) is 1.00. The molecule has 0 aliphatic carbocycles. The van der Waals surface area contributed by atoms with Gasteiger partial charge in [0.2, 0.25) is 0 Å². The Labute approximate surface area is 76.3 Å². The van der Waals surface area contributed by atoms with Gasteiger partial charge in [0.25, 0.3) is 0 Å². The lowest BCUT2D eigenvalue weighted by Crippen LogP contribution is -1.86. The fourth-order valence-corrected chi connectivity index (χ4v) is 2.57. The normalized spacial score (nSPS) is 22.4. The minimum absolute atomic E-state index is 0.656. The van der Waals surface area contributed by atoms with E-state index in [-0.39, 0.29) is 0 Å². The third-order valence-electron chi connectivity index (χ3n) is 2.03. The van der Waals surface area contributed by atoms with E-state index in [0.29, 0.717) is 6.10 Å². The zero-order valence-corrected chi connectivity index (χ0v) is 10.2. The SMILES string of the molecule is [SiH3]SCCCCCCC1CO1. The average Bonchev–Trinajstić information content (AvgIpc) is 2.80. The number of unbranched alkanes of at least 4 members (excludes halogenated alkanes) is 3. The minimum Gasteiger partial charge on any atom is -0.373 e. The number of hydrogen-bond acceptors (Lipinski definition) is 2. The van der Waals surface area contributed by atoms with Crippen LogP contribution in [-0.4, -0.2) is 27.9 Å². The molecule has 1 aliphatic rings. The summed E-state index contributed by atoms with van der Waals surface area (Å²) >= 11 is 2.09. The van der Waals surface area contributed by atoms with Gasteiger partial charge in [-0.3, -0.25) is 0 Å². The van der Waals surface area contributed by atoms with E-state index in [2.05, 4.69) is 11.2 Å². The fourth-order valence-electron chi connectivity index (χ4n) is 1.21. The number of ether oxygens (including phenoxy) is 1. The van der Waals surface area contributed by atoms with Crippen LogP contribution in [0.5, 0.6) is 0 Å². The lowest BCUT2D eigenvalue weighted by molar-refractivity contribution is 0.388. The van der Waals surface area contributed by atoms with Gasteiger partial charge in [-0.2, -0.15) is 11.2 Å². The molecule has 1 aliphatic heterocycles. The van der Waals surface area contributed by atoms with Gasteiger partial charge in [-0.1, -0.05) is 19.3 Å². The topological polar surface area (TPSA) is 12.5 Å². The van der Waals surface area contributed by atoms with Gasteiger partial charge in [0, 0.05) is 0 Å². The van der Waals surface area contributed by atoms with Crippen LogP contribution in [0.2, 0.25) is 0 Å². The van der Waals surface area contributed by atoms with E-state index in [9.17, 15) is 0 Å². The monoisotopic (exact) mass is 190 g/mol. The van der Waals surface area contributed by atoms with E-state index in [0.717, 1.165) is 6.61 Å². The second kappa shape index (κ2) is 6.09. The standard InChI is InChI=1S/C8H18OSSi/c11-10-6-4-2-1-3-5-8-7-9-8/h8H,1-7H2,11H3. The van der Waals surface area contributed by atoms with Crippen LogP contribution in [0.4, 0.5) is 0 Å². The van der Waals surface area contributed by atoms with Gasteiger partial charge in [-0.05, 0) is 18.6 Å². The lowest BCUT2D eigenvalue weighted by Gasteiger charge is -1.97. The highest BCUT2D eigenvalue weighted by atomic mass is 32.4. The third kappa shape index (κ3) is 5.76. The quantitative estimate of drug-likeness (QED) is 0.341. The minimum atomic E-state index is 0.656. The highest BCUT2D eigenvalue weighted by molar-refractivity contribution is 8.19. The average molecular weight is 190 g/mol. The molecule has 1 saturated heterocycles. The molecule has 1 heterocycles. The maximum absolute atomic E-state index is 5.14. The van der Waals surface area contributed by atoms with Crippen molar-refractivity contribution >= 4 is 20.6 Å². The summed E-state index contributed by atoms with van der Waals surface area (Å²) in [5.74, 6) is 1.39. The smallest absolute Gasteiger partial charge is 0.0810 e. The molecular weight excluding hydrogens is 172 g/mol. The zero-order chi connectivity index (χ0) is 7.94. The maximum Gasteiger partial charge on any atom is 0.0810 e. The van der Waals surface area contributed by atoms with Crippen molar-refractivity contribution in [1.29, 1.82) is 0 Å². The Morgan fingerprint density at radius 1 is 1.27 bits per heavy atom. The molecule has 0 spiro atoms. The molecule has 0 saturated carbocycles. The van der Waals surface area contributed by atoms with Crippen molar-refractivity contribution in [3.05, 3.63) is 0 Å². The summed E-state index contributed by atoms with van der Waals surface area (Å²) in [7, 11) is 1.31. The molecule has 11 heavy (non-hydrogen) atoms. The van der Waals surface area contributed by atoms with E-state index in [1.807, 2.05) is 0 Å². The van der Waals surface area contributed by atoms with Gasteiger partial charge in [-0.25, -0.2) is 0 Å². The van der Waals surface area contributed by atoms with Gasteiger partial charge in [0.1, 0.15) is 0 Å². The van der Waals surface area contributed by atoms with Gasteiger partial charge >= 0.3 is 0 Å². The molecule has 1 rings (SSSR count). The van der Waals surface area contributed by atoms with Crippen LogP contribution in [0.25, 0.3) is 0 Å². The first-order valence-electron chi connectivity index (χ1n) is 4.54. The highest BCUT2D eigenvalue weighted by Crippen LogP contribution is 2.17. The van der Waals surface area contributed by atoms with Crippen LogP contribution in [0, 0.1) is 0 Å². The molecule has 0 aromatic heterocycles. The van der Waals surface area contributed by atoms with E-state index < -0.39 is 0 Å². The van der Waals surface area contributed by atoms with Crippen LogP contribution in [0.1, 0.15) is 32.1 Å². The molecular formula is C8H18OSSi. The molecule has 0 amide bonds. The lowest BCUT2D eigenvalue weighted by atomic mass is 10.1. The van der Waals surface area contributed by atoms with Crippen molar-refractivity contribution in [3.63, 3.8) is 0 Å². The molecule has 0 N–H and O–H groups in total. The van der Waals surface area contributed by atoms with E-state index in [4.69, 9.17) is 4.74 Å². The Bertz CT molecular complexity index is 96.1. The molecule has 0 aromatic carbocycles. The van der Waals surface area contributed by atoms with Crippen LogP contribution in [0.15, 0.2) is 0 Å². The van der Waals surface area contributed by atoms with Crippen LogP contribution >= 0.6 is 11.2 Å². The molecule has 66 valence electrons. The Kier molecular flexibility index (Phi) is 5.32. The van der Waals surface area contributed by atoms with Crippen molar-refractivity contribution < 1.29 is 4.74 Å². The number of rotatable bonds is 7. The van der Waals surface area contributed by atoms with E-state index >= 15 is 0 Å². The van der Waals surface area contributed by atoms with E-state index in [1.165, 1.54) is 47.2 Å². The van der Waals surface area contributed by atoms with Crippen LogP contribution in [-0.2, 0) is 4.74 Å². The molecule has 0 radical (unpaired) electrons. The zero-order valence-electron chi connectivity index (χ0n) is 7.34. The van der Waals surface area contributed by atoms with E-state index in [1.54, 1.807) is 0 Å². The first-order chi connectivity index (χ1) is 5.43. The summed E-state index contributed by atoms with van der Waals surface area (Å²) < 4.78 is 5.14. The van der Waals surface area contributed by atoms with Gasteiger partial charge in [0.15, 0.2) is 0 Å². The van der Waals surface area contributed by atoms with Crippen molar-refractivity contribution in [1.82, 2.24) is 0 Å². The van der Waals surface area contributed by atoms with Crippen LogP contribution in [0.3, 0.4) is 0 Å². The summed E-state index contributed by atoms with van der Waals surface area (Å²) in [5, 5.41) is 0. The summed E-state index contributed by atoms with van der Waals surface area (Å²) in [4.78, 5) is 0. The second-order valence-corrected chi connectivity index (χ2v) is 5.87. The largest absolute Gasteiger partial charge is 0.373 e. The maximum atomic E-state index is 5.14. The predicted molar refractivity (Wildman–Crippen MR) is 55.2 cm³/mol. The summed E-state index contributed by atoms with van der Waals surface area (Å²) in [6, 6.07) is 0. The Hall–Kier alpha value is 0.527. The summed E-state index contributed by atoms with van der Waals surface area (Å²) in [6.07, 6.45) is 7.64. The Morgan fingerprint density at radius 2 is 2.00 bits per heavy atom. The molecule has 3 heteroatoms. The van der Waals surface area contributed by atoms with Gasteiger partial charge in [-0.15, -0.1) is 0 Å². The Balaban J connectivity index is 1.66. The second-order valence-electron chi connectivity index (χ2n) is 3.15. The number of hydrogen-bond donors (Lipinski definition) is 0. The van der Waals surface area contributed by atoms with Crippen molar-refractivity contribution in [3.8, 4) is 0 Å². The highest BCUT2D eigenvalue weighted by Gasteiger charge is 2.20. The Morgan fingerprint density at radius 3 is 2.64 bits per heavy atom. The van der Waals surface area contributed by atoms with Crippen molar-refractivity contribution in [2.45, 2.75) is 38.2 Å². The predicted octanol–water partition coefficient (Wildman–Crippen LogP) is 1.35. The van der Waals surface area contributed by atoms with Crippen molar-refractivity contribution in [2.75, 3.05) is 12.4 Å². The molecule has 1 nitrogen and oxygen atoms in total. The summed E-state index contributed by atoms with van der Waals surface area (Å²) in [5.41, 5.74) is 0. The molecule has 0 aromatic rings. The molecule has 1 fully saturated rings. The molecule has 0 bridgehead atoms. The third-order valence-corrected chi connectivity index (χ3v) is 3.95. The van der Waals surface area contributed by atoms with Gasteiger partial charge in [0.05, 0.1) is 22.1 Å². The molecule has 1 unspecified atom stereocenters. The van der Waals surface area contributed by atoms with Crippen LogP contribution < -0.4 is 0 Å². The van der Waals surface area contributed by atoms with Crippen molar-refractivity contribution in [2.24, 2.45) is 0 Å².